The molecule has 1 fully saturated rings. The van der Waals surface area contributed by atoms with Crippen molar-refractivity contribution in [2.24, 2.45) is 5.92 Å². The average molecular weight is 335 g/mol. The van der Waals surface area contributed by atoms with E-state index in [1.54, 1.807) is 49.4 Å². The monoisotopic (exact) mass is 335 g/mol. The summed E-state index contributed by atoms with van der Waals surface area (Å²) in [4.78, 5) is 28.6. The van der Waals surface area contributed by atoms with E-state index in [2.05, 4.69) is 15.6 Å². The molecule has 2 aromatic carbocycles. The Hall–Kier alpha value is -3.15. The minimum Gasteiger partial charge on any atom is -0.441 e. The highest BCUT2D eigenvalue weighted by Crippen LogP contribution is 2.30. The molecule has 6 heteroatoms. The number of rotatable bonds is 4. The molecule has 0 bridgehead atoms. The van der Waals surface area contributed by atoms with Gasteiger partial charge in [-0.2, -0.15) is 0 Å². The van der Waals surface area contributed by atoms with E-state index < -0.39 is 0 Å². The number of fused-ring (bicyclic) bond motifs is 1. The third-order valence-corrected chi connectivity index (χ3v) is 4.09. The Labute approximate surface area is 144 Å². The minimum absolute atomic E-state index is 0.0180. The third-order valence-electron chi connectivity index (χ3n) is 4.09. The molecule has 1 heterocycles. The van der Waals surface area contributed by atoms with E-state index in [9.17, 15) is 9.59 Å². The molecule has 1 saturated carbocycles. The van der Waals surface area contributed by atoms with Crippen LogP contribution >= 0.6 is 0 Å². The largest absolute Gasteiger partial charge is 0.441 e. The average Bonchev–Trinajstić information content (AvgIpc) is 3.37. The predicted molar refractivity (Wildman–Crippen MR) is 94.5 cm³/mol. The fourth-order valence-corrected chi connectivity index (χ4v) is 2.65. The number of aromatic nitrogens is 1. The summed E-state index contributed by atoms with van der Waals surface area (Å²) in [5.74, 6) is 0.471. The van der Waals surface area contributed by atoms with Gasteiger partial charge in [-0.3, -0.25) is 9.59 Å². The Morgan fingerprint density at radius 3 is 2.68 bits per heavy atom. The summed E-state index contributed by atoms with van der Waals surface area (Å²) < 4.78 is 5.43. The molecule has 2 N–H and O–H groups in total. The zero-order chi connectivity index (χ0) is 17.4. The first-order valence-electron chi connectivity index (χ1n) is 8.18. The van der Waals surface area contributed by atoms with Crippen LogP contribution < -0.4 is 10.6 Å². The SMILES string of the molecule is Cc1nc2cc(NC(=O)c3cccc(NC(=O)C4CC4)c3)ccc2o1. The zero-order valence-electron chi connectivity index (χ0n) is 13.7. The van der Waals surface area contributed by atoms with Crippen LogP contribution in [0.25, 0.3) is 11.1 Å². The Morgan fingerprint density at radius 2 is 1.88 bits per heavy atom. The van der Waals surface area contributed by atoms with Gasteiger partial charge in [0.2, 0.25) is 5.91 Å². The normalized spacial score (nSPS) is 13.6. The van der Waals surface area contributed by atoms with Crippen LogP contribution in [0.1, 0.15) is 29.1 Å². The molecule has 3 aromatic rings. The van der Waals surface area contributed by atoms with Gasteiger partial charge in [-0.15, -0.1) is 0 Å². The number of nitrogens with zero attached hydrogens (tertiary/aromatic N) is 1. The molecule has 25 heavy (non-hydrogen) atoms. The topological polar surface area (TPSA) is 84.2 Å². The molecule has 6 nitrogen and oxygen atoms in total. The highest BCUT2D eigenvalue weighted by atomic mass is 16.3. The first-order valence-corrected chi connectivity index (χ1v) is 8.18. The Kier molecular flexibility index (Phi) is 3.72. The quantitative estimate of drug-likeness (QED) is 0.761. The lowest BCUT2D eigenvalue weighted by atomic mass is 10.1. The van der Waals surface area contributed by atoms with Crippen molar-refractivity contribution in [3.05, 3.63) is 53.9 Å². The molecule has 0 spiro atoms. The van der Waals surface area contributed by atoms with Gasteiger partial charge >= 0.3 is 0 Å². The maximum absolute atomic E-state index is 12.5. The summed E-state index contributed by atoms with van der Waals surface area (Å²) in [6.07, 6.45) is 1.88. The van der Waals surface area contributed by atoms with E-state index >= 15 is 0 Å². The number of amides is 2. The summed E-state index contributed by atoms with van der Waals surface area (Å²) in [6.45, 7) is 1.78. The van der Waals surface area contributed by atoms with Crippen LogP contribution in [0.15, 0.2) is 46.9 Å². The molecule has 1 aliphatic carbocycles. The number of benzene rings is 2. The smallest absolute Gasteiger partial charge is 0.255 e. The van der Waals surface area contributed by atoms with Gasteiger partial charge in [-0.05, 0) is 49.2 Å². The second-order valence-electron chi connectivity index (χ2n) is 6.21. The summed E-state index contributed by atoms with van der Waals surface area (Å²) in [6, 6.07) is 12.2. The predicted octanol–water partition coefficient (Wildman–Crippen LogP) is 3.74. The summed E-state index contributed by atoms with van der Waals surface area (Å²) in [5.41, 5.74) is 3.12. The van der Waals surface area contributed by atoms with E-state index in [-0.39, 0.29) is 17.7 Å². The van der Waals surface area contributed by atoms with Gasteiger partial charge in [0.1, 0.15) is 5.52 Å². The molecular formula is C19H17N3O3. The van der Waals surface area contributed by atoms with Crippen molar-refractivity contribution in [3.63, 3.8) is 0 Å². The first-order chi connectivity index (χ1) is 12.1. The maximum Gasteiger partial charge on any atom is 0.255 e. The number of carbonyl (C=O) groups excluding carboxylic acids is 2. The molecule has 1 aromatic heterocycles. The van der Waals surface area contributed by atoms with E-state index in [1.807, 2.05) is 0 Å². The van der Waals surface area contributed by atoms with Gasteiger partial charge in [0, 0.05) is 29.8 Å². The molecule has 0 unspecified atom stereocenters. The zero-order valence-corrected chi connectivity index (χ0v) is 13.7. The van der Waals surface area contributed by atoms with Crippen molar-refractivity contribution in [1.82, 2.24) is 4.98 Å². The van der Waals surface area contributed by atoms with E-state index in [0.717, 1.165) is 12.8 Å². The Bertz CT molecular complexity index is 973. The first kappa shape index (κ1) is 15.4. The van der Waals surface area contributed by atoms with Crippen LogP contribution in [0, 0.1) is 12.8 Å². The number of hydrogen-bond acceptors (Lipinski definition) is 4. The van der Waals surface area contributed by atoms with Crippen LogP contribution in [0.2, 0.25) is 0 Å². The van der Waals surface area contributed by atoms with E-state index in [4.69, 9.17) is 4.42 Å². The van der Waals surface area contributed by atoms with Crippen molar-refractivity contribution in [2.75, 3.05) is 10.6 Å². The summed E-state index contributed by atoms with van der Waals surface area (Å²) in [7, 11) is 0. The molecule has 1 aliphatic rings. The summed E-state index contributed by atoms with van der Waals surface area (Å²) >= 11 is 0. The number of aryl methyl sites for hydroxylation is 1. The highest BCUT2D eigenvalue weighted by Gasteiger charge is 2.29. The van der Waals surface area contributed by atoms with Crippen LogP contribution in [0.3, 0.4) is 0 Å². The van der Waals surface area contributed by atoms with Crippen molar-refractivity contribution in [3.8, 4) is 0 Å². The lowest BCUT2D eigenvalue weighted by Crippen LogP contribution is -2.15. The van der Waals surface area contributed by atoms with Gasteiger partial charge in [-0.1, -0.05) is 6.07 Å². The molecule has 126 valence electrons. The van der Waals surface area contributed by atoms with Crippen LogP contribution in [0.4, 0.5) is 11.4 Å². The Balaban J connectivity index is 1.50. The van der Waals surface area contributed by atoms with Gasteiger partial charge in [0.25, 0.3) is 5.91 Å². The minimum atomic E-state index is -0.248. The lowest BCUT2D eigenvalue weighted by Gasteiger charge is -2.08. The molecule has 0 aliphatic heterocycles. The molecule has 0 radical (unpaired) electrons. The fraction of sp³-hybridized carbons (Fsp3) is 0.211. The number of carbonyl (C=O) groups is 2. The molecule has 0 saturated heterocycles. The molecule has 2 amide bonds. The van der Waals surface area contributed by atoms with E-state index in [1.165, 1.54) is 0 Å². The third kappa shape index (κ3) is 3.38. The fourth-order valence-electron chi connectivity index (χ4n) is 2.65. The lowest BCUT2D eigenvalue weighted by molar-refractivity contribution is -0.117. The number of hydrogen-bond donors (Lipinski definition) is 2. The number of oxazole rings is 1. The van der Waals surface area contributed by atoms with Crippen molar-refractivity contribution in [2.45, 2.75) is 19.8 Å². The van der Waals surface area contributed by atoms with Crippen LogP contribution in [-0.4, -0.2) is 16.8 Å². The maximum atomic E-state index is 12.5. The van der Waals surface area contributed by atoms with Crippen LogP contribution in [-0.2, 0) is 4.79 Å². The molecule has 4 rings (SSSR count). The molecule has 0 atom stereocenters. The van der Waals surface area contributed by atoms with Gasteiger partial charge in [-0.25, -0.2) is 4.98 Å². The Morgan fingerprint density at radius 1 is 1.08 bits per heavy atom. The van der Waals surface area contributed by atoms with Crippen molar-refractivity contribution >= 4 is 34.3 Å². The standard InChI is InChI=1S/C19H17N3O3/c1-11-20-16-10-15(7-8-17(16)25-11)22-19(24)13-3-2-4-14(9-13)21-18(23)12-5-6-12/h2-4,7-10,12H,5-6H2,1H3,(H,21,23)(H,22,24). The van der Waals surface area contributed by atoms with Crippen molar-refractivity contribution in [1.29, 1.82) is 0 Å². The molecular weight excluding hydrogens is 318 g/mol. The second kappa shape index (κ2) is 6.05. The number of nitrogens with one attached hydrogen (secondary N) is 2. The van der Waals surface area contributed by atoms with Gasteiger partial charge in [0.05, 0.1) is 0 Å². The van der Waals surface area contributed by atoms with Crippen molar-refractivity contribution < 1.29 is 14.0 Å². The highest BCUT2D eigenvalue weighted by molar-refractivity contribution is 6.06. The number of anilines is 2. The second-order valence-corrected chi connectivity index (χ2v) is 6.21. The van der Waals surface area contributed by atoms with Gasteiger partial charge in [0.15, 0.2) is 11.5 Å². The summed E-state index contributed by atoms with van der Waals surface area (Å²) in [5, 5.41) is 5.69. The van der Waals surface area contributed by atoms with Crippen LogP contribution in [0.5, 0.6) is 0 Å². The van der Waals surface area contributed by atoms with Gasteiger partial charge < -0.3 is 15.1 Å². The van der Waals surface area contributed by atoms with E-state index in [0.29, 0.717) is 33.9 Å².